The van der Waals surface area contributed by atoms with Crippen LogP contribution in [0.1, 0.15) is 5.56 Å². The number of nitrogens with one attached hydrogen (secondary N) is 1. The van der Waals surface area contributed by atoms with Crippen molar-refractivity contribution >= 4 is 11.5 Å². The van der Waals surface area contributed by atoms with E-state index in [1.807, 2.05) is 37.5 Å². The van der Waals surface area contributed by atoms with E-state index in [0.29, 0.717) is 13.0 Å². The molecule has 1 aliphatic heterocycles. The molecule has 1 aromatic carbocycles. The minimum Gasteiger partial charge on any atom is -0.479 e. The van der Waals surface area contributed by atoms with Gasteiger partial charge in [-0.2, -0.15) is 5.10 Å². The van der Waals surface area contributed by atoms with E-state index >= 15 is 0 Å². The molecule has 1 N–H and O–H groups in total. The Hall–Kier alpha value is -2.30. The highest BCUT2D eigenvalue weighted by molar-refractivity contribution is 5.86. The van der Waals surface area contributed by atoms with Crippen molar-refractivity contribution in [3.05, 3.63) is 42.2 Å². The summed E-state index contributed by atoms with van der Waals surface area (Å²) in [6, 6.07) is 7.64. The molecular formula is C14H15N3O2. The summed E-state index contributed by atoms with van der Waals surface area (Å²) < 4.78 is 7.43. The number of nitrogens with zero attached hydrogens (tertiary/aromatic N) is 2. The first-order chi connectivity index (χ1) is 9.22. The number of aryl methyl sites for hydroxylation is 1. The second kappa shape index (κ2) is 4.76. The molecule has 1 unspecified atom stereocenters. The number of Topliss-reactive ketones (excluding diaryl/α,β-unsaturated/α-hetero) is 1. The number of rotatable bonds is 3. The van der Waals surface area contributed by atoms with Gasteiger partial charge < -0.3 is 10.1 Å². The molecule has 0 bridgehead atoms. The zero-order valence-electron chi connectivity index (χ0n) is 10.7. The third kappa shape index (κ3) is 2.45. The van der Waals surface area contributed by atoms with Gasteiger partial charge in [-0.25, -0.2) is 0 Å². The van der Waals surface area contributed by atoms with Gasteiger partial charge in [0.1, 0.15) is 5.75 Å². The lowest BCUT2D eigenvalue weighted by atomic mass is 10.1. The molecule has 0 fully saturated rings. The van der Waals surface area contributed by atoms with Crippen molar-refractivity contribution in [3.8, 4) is 5.75 Å². The fourth-order valence-electron chi connectivity index (χ4n) is 2.17. The molecule has 0 saturated carbocycles. The van der Waals surface area contributed by atoms with Gasteiger partial charge in [0.25, 0.3) is 0 Å². The molecule has 5 nitrogen and oxygen atoms in total. The SMILES string of the molecule is Cn1cc(CC(=O)C2CNc3ccccc3O2)cn1. The number of para-hydroxylation sites is 2. The molecular weight excluding hydrogens is 242 g/mol. The maximum absolute atomic E-state index is 12.2. The minimum absolute atomic E-state index is 0.0648. The van der Waals surface area contributed by atoms with Crippen molar-refractivity contribution in [1.29, 1.82) is 0 Å². The van der Waals surface area contributed by atoms with Gasteiger partial charge in [-0.05, 0) is 17.7 Å². The first-order valence-corrected chi connectivity index (χ1v) is 6.22. The van der Waals surface area contributed by atoms with Gasteiger partial charge in [0.2, 0.25) is 0 Å². The van der Waals surface area contributed by atoms with Crippen molar-refractivity contribution in [3.63, 3.8) is 0 Å². The number of ketones is 1. The Balaban J connectivity index is 1.69. The maximum Gasteiger partial charge on any atom is 0.179 e. The third-order valence-corrected chi connectivity index (χ3v) is 3.13. The van der Waals surface area contributed by atoms with Crippen molar-refractivity contribution in [2.75, 3.05) is 11.9 Å². The average molecular weight is 257 g/mol. The van der Waals surface area contributed by atoms with Crippen molar-refractivity contribution in [1.82, 2.24) is 9.78 Å². The lowest BCUT2D eigenvalue weighted by Gasteiger charge is -2.26. The smallest absolute Gasteiger partial charge is 0.179 e. The van der Waals surface area contributed by atoms with Gasteiger partial charge in [-0.15, -0.1) is 0 Å². The number of ether oxygens (including phenoxy) is 1. The number of aromatic nitrogens is 2. The average Bonchev–Trinajstić information content (AvgIpc) is 2.83. The monoisotopic (exact) mass is 257 g/mol. The number of anilines is 1. The number of carbonyl (C=O) groups excluding carboxylic acids is 1. The highest BCUT2D eigenvalue weighted by Gasteiger charge is 2.25. The van der Waals surface area contributed by atoms with E-state index < -0.39 is 6.10 Å². The molecule has 19 heavy (non-hydrogen) atoms. The molecule has 2 heterocycles. The number of benzene rings is 1. The van der Waals surface area contributed by atoms with E-state index in [1.54, 1.807) is 10.9 Å². The van der Waals surface area contributed by atoms with Crippen LogP contribution in [0.25, 0.3) is 0 Å². The quantitative estimate of drug-likeness (QED) is 0.903. The second-order valence-corrected chi connectivity index (χ2v) is 4.65. The standard InChI is InChI=1S/C14H15N3O2/c1-17-9-10(7-16-17)6-12(18)14-8-15-11-4-2-3-5-13(11)19-14/h2-5,7,9,14-15H,6,8H2,1H3. The van der Waals surface area contributed by atoms with Crippen molar-refractivity contribution in [2.45, 2.75) is 12.5 Å². The van der Waals surface area contributed by atoms with Gasteiger partial charge in [0, 0.05) is 19.7 Å². The fraction of sp³-hybridized carbons (Fsp3) is 0.286. The Bertz CT molecular complexity index is 606. The summed E-state index contributed by atoms with van der Waals surface area (Å²) in [6.07, 6.45) is 3.47. The maximum atomic E-state index is 12.2. The molecule has 0 aliphatic carbocycles. The van der Waals surface area contributed by atoms with Crippen LogP contribution in [0.3, 0.4) is 0 Å². The summed E-state index contributed by atoms with van der Waals surface area (Å²) >= 11 is 0. The van der Waals surface area contributed by atoms with Gasteiger partial charge in [0.05, 0.1) is 18.4 Å². The summed E-state index contributed by atoms with van der Waals surface area (Å²) in [4.78, 5) is 12.2. The lowest BCUT2D eigenvalue weighted by Crippen LogP contribution is -2.38. The van der Waals surface area contributed by atoms with Crippen LogP contribution >= 0.6 is 0 Å². The number of hydrogen-bond acceptors (Lipinski definition) is 4. The van der Waals surface area contributed by atoms with Crippen LogP contribution in [-0.2, 0) is 18.3 Å². The Kier molecular flexibility index (Phi) is 2.95. The van der Waals surface area contributed by atoms with Gasteiger partial charge in [-0.1, -0.05) is 12.1 Å². The zero-order valence-corrected chi connectivity index (χ0v) is 10.7. The van der Waals surface area contributed by atoms with Crippen LogP contribution in [-0.4, -0.2) is 28.2 Å². The highest BCUT2D eigenvalue weighted by atomic mass is 16.5. The van der Waals surface area contributed by atoms with E-state index in [4.69, 9.17) is 4.74 Å². The van der Waals surface area contributed by atoms with Crippen LogP contribution in [0.15, 0.2) is 36.7 Å². The summed E-state index contributed by atoms with van der Waals surface area (Å²) in [5.41, 5.74) is 1.85. The minimum atomic E-state index is -0.435. The van der Waals surface area contributed by atoms with Crippen LogP contribution in [0.4, 0.5) is 5.69 Å². The molecule has 98 valence electrons. The molecule has 5 heteroatoms. The number of fused-ring (bicyclic) bond motifs is 1. The van der Waals surface area contributed by atoms with Crippen LogP contribution in [0.2, 0.25) is 0 Å². The molecule has 1 atom stereocenters. The predicted octanol–water partition coefficient (Wildman–Crippen LogP) is 1.40. The Morgan fingerprint density at radius 2 is 2.37 bits per heavy atom. The van der Waals surface area contributed by atoms with Crippen molar-refractivity contribution in [2.24, 2.45) is 7.05 Å². The van der Waals surface area contributed by atoms with E-state index in [0.717, 1.165) is 17.0 Å². The Morgan fingerprint density at radius 3 is 3.16 bits per heavy atom. The van der Waals surface area contributed by atoms with Crippen LogP contribution < -0.4 is 10.1 Å². The molecule has 0 saturated heterocycles. The molecule has 0 amide bonds. The molecule has 1 aliphatic rings. The normalized spacial score (nSPS) is 17.2. The van der Waals surface area contributed by atoms with Crippen LogP contribution in [0, 0.1) is 0 Å². The molecule has 3 rings (SSSR count). The van der Waals surface area contributed by atoms with E-state index in [1.165, 1.54) is 0 Å². The first kappa shape index (κ1) is 11.8. The van der Waals surface area contributed by atoms with Gasteiger partial charge >= 0.3 is 0 Å². The van der Waals surface area contributed by atoms with E-state index in [2.05, 4.69) is 10.4 Å². The second-order valence-electron chi connectivity index (χ2n) is 4.65. The number of carbonyl (C=O) groups is 1. The summed E-state index contributed by atoms with van der Waals surface area (Å²) in [6.45, 7) is 0.510. The van der Waals surface area contributed by atoms with Gasteiger partial charge in [0.15, 0.2) is 11.9 Å². The van der Waals surface area contributed by atoms with E-state index in [9.17, 15) is 4.79 Å². The lowest BCUT2D eigenvalue weighted by molar-refractivity contribution is -0.124. The fourth-order valence-corrected chi connectivity index (χ4v) is 2.17. The molecule has 0 radical (unpaired) electrons. The van der Waals surface area contributed by atoms with E-state index in [-0.39, 0.29) is 5.78 Å². The molecule has 0 spiro atoms. The largest absolute Gasteiger partial charge is 0.479 e. The Morgan fingerprint density at radius 1 is 1.53 bits per heavy atom. The van der Waals surface area contributed by atoms with Gasteiger partial charge in [-0.3, -0.25) is 9.48 Å². The third-order valence-electron chi connectivity index (χ3n) is 3.13. The predicted molar refractivity (Wildman–Crippen MR) is 71.3 cm³/mol. The van der Waals surface area contributed by atoms with Crippen molar-refractivity contribution < 1.29 is 9.53 Å². The van der Waals surface area contributed by atoms with Crippen LogP contribution in [0.5, 0.6) is 5.75 Å². The zero-order chi connectivity index (χ0) is 13.2. The summed E-state index contributed by atoms with van der Waals surface area (Å²) in [5, 5.41) is 7.28. The molecule has 2 aromatic rings. The Labute approximate surface area is 111 Å². The summed E-state index contributed by atoms with van der Waals surface area (Å²) in [7, 11) is 1.84. The topological polar surface area (TPSA) is 56.2 Å². The molecule has 1 aromatic heterocycles. The number of hydrogen-bond donors (Lipinski definition) is 1. The highest BCUT2D eigenvalue weighted by Crippen LogP contribution is 2.28. The first-order valence-electron chi connectivity index (χ1n) is 6.22. The summed E-state index contributed by atoms with van der Waals surface area (Å²) in [5.74, 6) is 0.799.